The lowest BCUT2D eigenvalue weighted by Crippen LogP contribution is -2.31. The minimum absolute atomic E-state index is 0.299. The number of urea groups is 2. The fourth-order valence-electron chi connectivity index (χ4n) is 1.52. The molecule has 0 radical (unpaired) electrons. The molecule has 0 saturated heterocycles. The van der Waals surface area contributed by atoms with Gasteiger partial charge in [-0.2, -0.15) is 0 Å². The molecular weight excluding hydrogens is 244 g/mol. The molecule has 0 heterocycles. The zero-order valence-electron chi connectivity index (χ0n) is 11.5. The van der Waals surface area contributed by atoms with Gasteiger partial charge >= 0.3 is 12.1 Å². The lowest BCUT2D eigenvalue weighted by atomic mass is 10.2. The second-order valence-electron chi connectivity index (χ2n) is 4.02. The van der Waals surface area contributed by atoms with E-state index in [4.69, 9.17) is 0 Å². The van der Waals surface area contributed by atoms with Crippen molar-refractivity contribution in [2.75, 3.05) is 23.7 Å². The molecule has 1 aromatic rings. The zero-order chi connectivity index (χ0) is 14.3. The summed E-state index contributed by atoms with van der Waals surface area (Å²) < 4.78 is 0. The normalized spacial score (nSPS) is 9.63. The molecule has 4 amide bonds. The van der Waals surface area contributed by atoms with Crippen LogP contribution in [0.4, 0.5) is 21.0 Å². The van der Waals surface area contributed by atoms with Crippen molar-refractivity contribution >= 4 is 23.4 Å². The Kier molecular flexibility index (Phi) is 5.66. The second-order valence-corrected chi connectivity index (χ2v) is 4.02. The van der Waals surface area contributed by atoms with Crippen LogP contribution in [0.25, 0.3) is 0 Å². The van der Waals surface area contributed by atoms with Gasteiger partial charge in [0, 0.05) is 13.1 Å². The summed E-state index contributed by atoms with van der Waals surface area (Å²) in [4.78, 5) is 23.0. The van der Waals surface area contributed by atoms with Crippen LogP contribution in [0.3, 0.4) is 0 Å². The quantitative estimate of drug-likeness (QED) is 0.673. The van der Waals surface area contributed by atoms with E-state index >= 15 is 0 Å². The molecule has 0 saturated carbocycles. The number of rotatable bonds is 4. The van der Waals surface area contributed by atoms with Crippen LogP contribution in [0.15, 0.2) is 18.2 Å². The molecule has 0 bridgehead atoms. The smallest absolute Gasteiger partial charge is 0.319 e. The SMILES string of the molecule is CCNC(=O)Nc1ccc(C)cc1NC(=O)NCC. The van der Waals surface area contributed by atoms with Gasteiger partial charge in [0.25, 0.3) is 0 Å². The van der Waals surface area contributed by atoms with Crippen molar-refractivity contribution < 1.29 is 9.59 Å². The van der Waals surface area contributed by atoms with Crippen LogP contribution in [0.1, 0.15) is 19.4 Å². The summed E-state index contributed by atoms with van der Waals surface area (Å²) in [6, 6.07) is 4.82. The molecule has 0 aliphatic rings. The number of hydrogen-bond acceptors (Lipinski definition) is 2. The van der Waals surface area contributed by atoms with E-state index in [2.05, 4.69) is 21.3 Å². The summed E-state index contributed by atoms with van der Waals surface area (Å²) >= 11 is 0. The number of hydrogen-bond donors (Lipinski definition) is 4. The van der Waals surface area contributed by atoms with Crippen molar-refractivity contribution in [3.8, 4) is 0 Å². The monoisotopic (exact) mass is 264 g/mol. The molecule has 0 aromatic heterocycles. The number of carbonyl (C=O) groups excluding carboxylic acids is 2. The molecule has 6 heteroatoms. The summed E-state index contributed by atoms with van der Waals surface area (Å²) in [6.45, 7) is 6.67. The van der Waals surface area contributed by atoms with E-state index in [1.54, 1.807) is 12.1 Å². The fourth-order valence-corrected chi connectivity index (χ4v) is 1.52. The third-order valence-electron chi connectivity index (χ3n) is 2.35. The Morgan fingerprint density at radius 3 is 2.00 bits per heavy atom. The lowest BCUT2D eigenvalue weighted by Gasteiger charge is -2.13. The van der Waals surface area contributed by atoms with Gasteiger partial charge in [-0.05, 0) is 38.5 Å². The van der Waals surface area contributed by atoms with Crippen LogP contribution >= 0.6 is 0 Å². The highest BCUT2D eigenvalue weighted by molar-refractivity contribution is 5.98. The van der Waals surface area contributed by atoms with Gasteiger partial charge in [0.1, 0.15) is 0 Å². The van der Waals surface area contributed by atoms with Gasteiger partial charge in [-0.3, -0.25) is 0 Å². The second kappa shape index (κ2) is 7.25. The fraction of sp³-hybridized carbons (Fsp3) is 0.385. The molecule has 0 atom stereocenters. The van der Waals surface area contributed by atoms with Gasteiger partial charge in [0.15, 0.2) is 0 Å². The Bertz CT molecular complexity index is 460. The van der Waals surface area contributed by atoms with Gasteiger partial charge in [-0.25, -0.2) is 9.59 Å². The molecule has 4 N–H and O–H groups in total. The molecule has 0 fully saturated rings. The number of amides is 4. The highest BCUT2D eigenvalue weighted by atomic mass is 16.2. The zero-order valence-corrected chi connectivity index (χ0v) is 11.5. The maximum absolute atomic E-state index is 11.5. The molecular formula is C13H20N4O2. The summed E-state index contributed by atoms with van der Waals surface area (Å²) in [7, 11) is 0. The number of benzene rings is 1. The van der Waals surface area contributed by atoms with Crippen LogP contribution in [-0.2, 0) is 0 Å². The molecule has 0 spiro atoms. The van der Waals surface area contributed by atoms with E-state index in [1.165, 1.54) is 0 Å². The maximum atomic E-state index is 11.5. The van der Waals surface area contributed by atoms with E-state index in [0.717, 1.165) is 5.56 Å². The Morgan fingerprint density at radius 1 is 0.947 bits per heavy atom. The predicted molar refractivity (Wildman–Crippen MR) is 76.6 cm³/mol. The average molecular weight is 264 g/mol. The average Bonchev–Trinajstić information content (AvgIpc) is 2.33. The van der Waals surface area contributed by atoms with Crippen LogP contribution in [-0.4, -0.2) is 25.2 Å². The van der Waals surface area contributed by atoms with Gasteiger partial charge in [0.05, 0.1) is 11.4 Å². The van der Waals surface area contributed by atoms with Crippen LogP contribution in [0, 0.1) is 6.92 Å². The van der Waals surface area contributed by atoms with Crippen LogP contribution in [0.5, 0.6) is 0 Å². The first kappa shape index (κ1) is 14.8. The first-order valence-corrected chi connectivity index (χ1v) is 6.27. The number of nitrogens with one attached hydrogen (secondary N) is 4. The highest BCUT2D eigenvalue weighted by Crippen LogP contribution is 2.22. The van der Waals surface area contributed by atoms with Crippen molar-refractivity contribution in [2.24, 2.45) is 0 Å². The predicted octanol–water partition coefficient (Wildman–Crippen LogP) is 2.28. The highest BCUT2D eigenvalue weighted by Gasteiger charge is 2.08. The maximum Gasteiger partial charge on any atom is 0.319 e. The molecule has 1 aromatic carbocycles. The summed E-state index contributed by atoms with van der Waals surface area (Å²) in [5.74, 6) is 0. The molecule has 1 rings (SSSR count). The van der Waals surface area contributed by atoms with Crippen molar-refractivity contribution in [1.82, 2.24) is 10.6 Å². The topological polar surface area (TPSA) is 82.3 Å². The number of anilines is 2. The number of carbonyl (C=O) groups is 2. The Labute approximate surface area is 113 Å². The Balaban J connectivity index is 2.85. The Morgan fingerprint density at radius 2 is 1.47 bits per heavy atom. The first-order valence-electron chi connectivity index (χ1n) is 6.27. The van der Waals surface area contributed by atoms with E-state index in [-0.39, 0.29) is 12.1 Å². The molecule has 0 aliphatic carbocycles. The minimum atomic E-state index is -0.301. The van der Waals surface area contributed by atoms with E-state index < -0.39 is 0 Å². The largest absolute Gasteiger partial charge is 0.338 e. The van der Waals surface area contributed by atoms with Crippen molar-refractivity contribution in [3.63, 3.8) is 0 Å². The third kappa shape index (κ3) is 4.87. The molecule has 0 aliphatic heterocycles. The van der Waals surface area contributed by atoms with Crippen LogP contribution < -0.4 is 21.3 Å². The van der Waals surface area contributed by atoms with E-state index in [0.29, 0.717) is 24.5 Å². The van der Waals surface area contributed by atoms with E-state index in [1.807, 2.05) is 26.8 Å². The summed E-state index contributed by atoms with van der Waals surface area (Å²) in [5.41, 5.74) is 2.12. The third-order valence-corrected chi connectivity index (χ3v) is 2.35. The van der Waals surface area contributed by atoms with Crippen molar-refractivity contribution in [2.45, 2.75) is 20.8 Å². The van der Waals surface area contributed by atoms with Gasteiger partial charge in [-0.1, -0.05) is 6.07 Å². The first-order chi connectivity index (χ1) is 9.06. The summed E-state index contributed by atoms with van der Waals surface area (Å²) in [5, 5.41) is 10.7. The van der Waals surface area contributed by atoms with Gasteiger partial charge in [-0.15, -0.1) is 0 Å². The van der Waals surface area contributed by atoms with Crippen LogP contribution in [0.2, 0.25) is 0 Å². The van der Waals surface area contributed by atoms with Gasteiger partial charge in [0.2, 0.25) is 0 Å². The lowest BCUT2D eigenvalue weighted by molar-refractivity contribution is 0.251. The minimum Gasteiger partial charge on any atom is -0.338 e. The van der Waals surface area contributed by atoms with E-state index in [9.17, 15) is 9.59 Å². The molecule has 0 unspecified atom stereocenters. The van der Waals surface area contributed by atoms with Crippen molar-refractivity contribution in [1.29, 1.82) is 0 Å². The number of aryl methyl sites for hydroxylation is 1. The van der Waals surface area contributed by atoms with Gasteiger partial charge < -0.3 is 21.3 Å². The molecule has 104 valence electrons. The Hall–Kier alpha value is -2.24. The molecule has 19 heavy (non-hydrogen) atoms. The molecule has 6 nitrogen and oxygen atoms in total. The standard InChI is InChI=1S/C13H20N4O2/c1-4-14-12(18)16-10-7-6-9(3)8-11(10)17-13(19)15-5-2/h6-8H,4-5H2,1-3H3,(H2,14,16,18)(H2,15,17,19). The van der Waals surface area contributed by atoms with Crippen molar-refractivity contribution in [3.05, 3.63) is 23.8 Å². The summed E-state index contributed by atoms with van der Waals surface area (Å²) in [6.07, 6.45) is 0.